The molecule has 158 valence electrons. The molecule has 0 saturated carbocycles. The summed E-state index contributed by atoms with van der Waals surface area (Å²) in [5.74, 6) is 0.533. The Kier molecular flexibility index (Phi) is 4.74. The third kappa shape index (κ3) is 3.01. The number of benzene rings is 2. The largest absolute Gasteiger partial charge is 0.497 e. The summed E-state index contributed by atoms with van der Waals surface area (Å²) in [6, 6.07) is 14.8. The maximum atomic E-state index is 13.9. The van der Waals surface area contributed by atoms with Crippen LogP contribution in [0.15, 0.2) is 65.3 Å². The molecule has 0 N–H and O–H groups in total. The van der Waals surface area contributed by atoms with E-state index in [0.717, 1.165) is 5.56 Å². The molecule has 31 heavy (non-hydrogen) atoms. The number of amides is 2. The molecule has 0 aliphatic carbocycles. The molecular weight excluding hydrogens is 419 g/mol. The highest BCUT2D eigenvalue weighted by atomic mass is 32.2. The Morgan fingerprint density at radius 1 is 1.23 bits per heavy atom. The third-order valence-corrected chi connectivity index (χ3v) is 7.05. The summed E-state index contributed by atoms with van der Waals surface area (Å²) < 4.78 is 24.1. The molecule has 1 atom stereocenters. The van der Waals surface area contributed by atoms with Crippen molar-refractivity contribution in [1.82, 2.24) is 4.90 Å². The Hall–Kier alpha value is -3.26. The van der Waals surface area contributed by atoms with Gasteiger partial charge >= 0.3 is 0 Å². The van der Waals surface area contributed by atoms with E-state index in [1.807, 2.05) is 12.1 Å². The number of methoxy groups -OCH3 is 1. The van der Waals surface area contributed by atoms with E-state index in [2.05, 4.69) is 0 Å². The number of furan rings is 1. The molecule has 3 heterocycles. The van der Waals surface area contributed by atoms with Crippen molar-refractivity contribution in [1.29, 1.82) is 0 Å². The molecule has 8 heteroatoms. The van der Waals surface area contributed by atoms with E-state index in [-0.39, 0.29) is 29.9 Å². The van der Waals surface area contributed by atoms with Gasteiger partial charge in [0, 0.05) is 17.9 Å². The first-order valence-electron chi connectivity index (χ1n) is 9.79. The number of ether oxygens (including phenoxy) is 1. The van der Waals surface area contributed by atoms with Crippen molar-refractivity contribution < 1.29 is 23.1 Å². The first kappa shape index (κ1) is 19.7. The van der Waals surface area contributed by atoms with E-state index < -0.39 is 4.87 Å². The Bertz CT molecular complexity index is 1150. The van der Waals surface area contributed by atoms with Crippen molar-refractivity contribution in [3.05, 3.63) is 83.6 Å². The lowest BCUT2D eigenvalue weighted by molar-refractivity contribution is -0.123. The molecule has 0 unspecified atom stereocenters. The number of hydrogen-bond acceptors (Lipinski definition) is 5. The van der Waals surface area contributed by atoms with Crippen LogP contribution in [0.5, 0.6) is 5.75 Å². The zero-order valence-electron chi connectivity index (χ0n) is 16.7. The van der Waals surface area contributed by atoms with Crippen LogP contribution in [0.4, 0.5) is 10.1 Å². The second-order valence-electron chi connectivity index (χ2n) is 7.33. The summed E-state index contributed by atoms with van der Waals surface area (Å²) in [4.78, 5) is 29.2. The van der Waals surface area contributed by atoms with Crippen LogP contribution < -0.4 is 9.64 Å². The highest BCUT2D eigenvalue weighted by Gasteiger charge is 2.60. The number of anilines is 1. The summed E-state index contributed by atoms with van der Waals surface area (Å²) in [6.07, 6.45) is 1.44. The summed E-state index contributed by atoms with van der Waals surface area (Å²) in [7, 11) is 1.56. The summed E-state index contributed by atoms with van der Waals surface area (Å²) in [5, 5.41) is 0. The average Bonchev–Trinajstić information content (AvgIpc) is 3.52. The van der Waals surface area contributed by atoms with Gasteiger partial charge in [0.2, 0.25) is 0 Å². The molecule has 2 amide bonds. The van der Waals surface area contributed by atoms with Gasteiger partial charge in [-0.2, -0.15) is 0 Å². The van der Waals surface area contributed by atoms with E-state index in [1.165, 1.54) is 30.2 Å². The molecule has 2 aliphatic heterocycles. The summed E-state index contributed by atoms with van der Waals surface area (Å²) >= 11 is 1.43. The van der Waals surface area contributed by atoms with Gasteiger partial charge in [-0.05, 0) is 48.0 Å². The van der Waals surface area contributed by atoms with E-state index >= 15 is 0 Å². The van der Waals surface area contributed by atoms with E-state index in [0.29, 0.717) is 29.3 Å². The van der Waals surface area contributed by atoms with E-state index in [9.17, 15) is 14.0 Å². The van der Waals surface area contributed by atoms with Gasteiger partial charge in [0.15, 0.2) is 10.6 Å². The minimum absolute atomic E-state index is 0.191. The second kappa shape index (κ2) is 7.46. The number of halogens is 1. The maximum Gasteiger partial charge on any atom is 0.291 e. The Morgan fingerprint density at radius 3 is 2.74 bits per heavy atom. The zero-order valence-corrected chi connectivity index (χ0v) is 17.5. The molecule has 0 radical (unpaired) electrons. The predicted molar refractivity (Wildman–Crippen MR) is 114 cm³/mol. The fraction of sp³-hybridized carbons (Fsp3) is 0.217. The fourth-order valence-electron chi connectivity index (χ4n) is 4.18. The Balaban J connectivity index is 1.61. The molecular formula is C23H19FN2O4S. The van der Waals surface area contributed by atoms with Crippen molar-refractivity contribution in [2.45, 2.75) is 11.4 Å². The normalized spacial score (nSPS) is 19.9. The standard InChI is InChI=1S/C23H19FN2O4S/c1-29-17-8-9-19-18(13-17)23(22(28)25(19)14-15-4-6-16(24)7-5-15)26(10-12-31-23)21(27)20-3-2-11-30-20/h2-9,11,13H,10,12,14H2,1H3/t23-/m0/s1. The topological polar surface area (TPSA) is 63.0 Å². The van der Waals surface area contributed by atoms with Crippen LogP contribution in [0.3, 0.4) is 0 Å². The van der Waals surface area contributed by atoms with Gasteiger partial charge in [-0.15, -0.1) is 11.8 Å². The van der Waals surface area contributed by atoms with Crippen LogP contribution in [0.1, 0.15) is 21.7 Å². The van der Waals surface area contributed by atoms with Crippen LogP contribution in [-0.2, 0) is 16.2 Å². The molecule has 2 aromatic carbocycles. The average molecular weight is 438 g/mol. The van der Waals surface area contributed by atoms with Gasteiger partial charge < -0.3 is 19.0 Å². The van der Waals surface area contributed by atoms with Crippen molar-refractivity contribution in [2.75, 3.05) is 24.3 Å². The summed E-state index contributed by atoms with van der Waals surface area (Å²) in [5.41, 5.74) is 2.21. The zero-order chi connectivity index (χ0) is 21.6. The van der Waals surface area contributed by atoms with Crippen molar-refractivity contribution >= 4 is 29.3 Å². The molecule has 1 fully saturated rings. The molecule has 2 aliphatic rings. The van der Waals surface area contributed by atoms with Gasteiger partial charge in [-0.1, -0.05) is 12.1 Å². The third-order valence-electron chi connectivity index (χ3n) is 5.63. The fourth-order valence-corrected chi connectivity index (χ4v) is 5.64. The number of rotatable bonds is 4. The van der Waals surface area contributed by atoms with Crippen LogP contribution in [0.2, 0.25) is 0 Å². The highest BCUT2D eigenvalue weighted by Crippen LogP contribution is 2.55. The number of hydrogen-bond donors (Lipinski definition) is 0. The molecule has 1 saturated heterocycles. The van der Waals surface area contributed by atoms with Crippen LogP contribution in [0.25, 0.3) is 0 Å². The van der Waals surface area contributed by atoms with Gasteiger partial charge in [-0.3, -0.25) is 9.59 Å². The second-order valence-corrected chi connectivity index (χ2v) is 8.62. The van der Waals surface area contributed by atoms with Crippen LogP contribution in [0, 0.1) is 5.82 Å². The van der Waals surface area contributed by atoms with Crippen molar-refractivity contribution in [2.24, 2.45) is 0 Å². The monoisotopic (exact) mass is 438 g/mol. The molecule has 1 spiro atoms. The first-order valence-corrected chi connectivity index (χ1v) is 10.8. The number of fused-ring (bicyclic) bond motifs is 2. The number of nitrogens with zero attached hydrogens (tertiary/aromatic N) is 2. The maximum absolute atomic E-state index is 13.9. The number of carbonyl (C=O) groups excluding carboxylic acids is 2. The van der Waals surface area contributed by atoms with Gasteiger partial charge in [0.25, 0.3) is 11.8 Å². The highest BCUT2D eigenvalue weighted by molar-refractivity contribution is 8.01. The molecule has 0 bridgehead atoms. The quantitative estimate of drug-likeness (QED) is 0.616. The lowest BCUT2D eigenvalue weighted by atomic mass is 10.0. The van der Waals surface area contributed by atoms with E-state index in [4.69, 9.17) is 9.15 Å². The van der Waals surface area contributed by atoms with Gasteiger partial charge in [0.1, 0.15) is 11.6 Å². The van der Waals surface area contributed by atoms with Crippen LogP contribution in [-0.4, -0.2) is 36.1 Å². The minimum Gasteiger partial charge on any atom is -0.497 e. The van der Waals surface area contributed by atoms with Crippen molar-refractivity contribution in [3.8, 4) is 5.75 Å². The summed E-state index contributed by atoms with van der Waals surface area (Å²) in [6.45, 7) is 0.681. The minimum atomic E-state index is -1.20. The molecule has 3 aromatic rings. The Labute approximate surface area is 182 Å². The lowest BCUT2D eigenvalue weighted by Gasteiger charge is -2.32. The van der Waals surface area contributed by atoms with E-state index in [1.54, 1.807) is 47.2 Å². The molecule has 1 aromatic heterocycles. The SMILES string of the molecule is COc1ccc2c(c1)[C@]1(SCCN1C(=O)c1ccco1)C(=O)N2Cc1ccc(F)cc1. The molecule has 6 nitrogen and oxygen atoms in total. The van der Waals surface area contributed by atoms with Crippen LogP contribution >= 0.6 is 11.8 Å². The molecule has 5 rings (SSSR count). The number of thioether (sulfide) groups is 1. The van der Waals surface area contributed by atoms with Gasteiger partial charge in [-0.25, -0.2) is 4.39 Å². The predicted octanol–water partition coefficient (Wildman–Crippen LogP) is 4.02. The van der Waals surface area contributed by atoms with Crippen molar-refractivity contribution in [3.63, 3.8) is 0 Å². The Morgan fingerprint density at radius 2 is 2.03 bits per heavy atom. The smallest absolute Gasteiger partial charge is 0.291 e. The lowest BCUT2D eigenvalue weighted by Crippen LogP contribution is -2.50. The first-order chi connectivity index (χ1) is 15.0. The number of carbonyl (C=O) groups is 2. The van der Waals surface area contributed by atoms with Gasteiger partial charge in [0.05, 0.1) is 25.6 Å².